The van der Waals surface area contributed by atoms with Crippen molar-refractivity contribution in [3.63, 3.8) is 0 Å². The van der Waals surface area contributed by atoms with Crippen LogP contribution in [0.5, 0.6) is 0 Å². The van der Waals surface area contributed by atoms with Gasteiger partial charge < -0.3 is 4.90 Å². The number of carbonyl (C=O) groups excluding carboxylic acids is 1. The van der Waals surface area contributed by atoms with Crippen molar-refractivity contribution in [1.82, 2.24) is 29.4 Å². The van der Waals surface area contributed by atoms with Crippen molar-refractivity contribution in [1.29, 1.82) is 0 Å². The summed E-state index contributed by atoms with van der Waals surface area (Å²) in [6, 6.07) is 2.35. The molecule has 7 nitrogen and oxygen atoms in total. The first kappa shape index (κ1) is 16.4. The molecule has 2 aliphatic heterocycles. The molecular formula is C18H26N6O. The Morgan fingerprint density at radius 3 is 2.68 bits per heavy atom. The minimum atomic E-state index is -0.0654. The van der Waals surface area contributed by atoms with Crippen LogP contribution in [0, 0.1) is 6.92 Å². The van der Waals surface area contributed by atoms with Gasteiger partial charge in [-0.2, -0.15) is 4.98 Å². The largest absolute Gasteiger partial charge is 0.334 e. The molecule has 4 rings (SSSR count). The summed E-state index contributed by atoms with van der Waals surface area (Å²) in [7, 11) is 0. The van der Waals surface area contributed by atoms with Crippen molar-refractivity contribution in [3.8, 4) is 0 Å². The molecule has 1 amide bonds. The van der Waals surface area contributed by atoms with Crippen molar-refractivity contribution in [3.05, 3.63) is 23.8 Å². The third kappa shape index (κ3) is 3.38. The van der Waals surface area contributed by atoms with E-state index < -0.39 is 0 Å². The van der Waals surface area contributed by atoms with Crippen LogP contribution in [0.15, 0.2) is 12.3 Å². The van der Waals surface area contributed by atoms with Gasteiger partial charge in [0, 0.05) is 31.0 Å². The average molecular weight is 342 g/mol. The van der Waals surface area contributed by atoms with Gasteiger partial charge in [-0.3, -0.25) is 9.69 Å². The minimum Gasteiger partial charge on any atom is -0.334 e. The summed E-state index contributed by atoms with van der Waals surface area (Å²) < 4.78 is 1.64. The van der Waals surface area contributed by atoms with Crippen molar-refractivity contribution in [2.24, 2.45) is 0 Å². The first-order chi connectivity index (χ1) is 12.2. The third-order valence-electron chi connectivity index (χ3n) is 5.46. The Hall–Kier alpha value is -2.02. The average Bonchev–Trinajstić information content (AvgIpc) is 2.90. The molecule has 4 heterocycles. The first-order valence-corrected chi connectivity index (χ1v) is 9.44. The van der Waals surface area contributed by atoms with Gasteiger partial charge in [0.05, 0.1) is 0 Å². The highest BCUT2D eigenvalue weighted by atomic mass is 16.2. The van der Waals surface area contributed by atoms with E-state index in [0.717, 1.165) is 25.2 Å². The van der Waals surface area contributed by atoms with E-state index in [9.17, 15) is 4.79 Å². The van der Waals surface area contributed by atoms with Crippen LogP contribution in [0.25, 0.3) is 5.78 Å². The highest BCUT2D eigenvalue weighted by molar-refractivity contribution is 5.91. The quantitative estimate of drug-likeness (QED) is 0.834. The maximum absolute atomic E-state index is 12.9. The minimum absolute atomic E-state index is 0.0654. The van der Waals surface area contributed by atoms with Crippen LogP contribution in [0.2, 0.25) is 0 Å². The fourth-order valence-corrected chi connectivity index (χ4v) is 4.04. The fourth-order valence-electron chi connectivity index (χ4n) is 4.04. The summed E-state index contributed by atoms with van der Waals surface area (Å²) in [6.07, 6.45) is 9.17. The first-order valence-electron chi connectivity index (χ1n) is 9.44. The highest BCUT2D eigenvalue weighted by Crippen LogP contribution is 2.21. The summed E-state index contributed by atoms with van der Waals surface area (Å²) in [5.74, 6) is 0.687. The molecule has 2 fully saturated rings. The van der Waals surface area contributed by atoms with Crippen LogP contribution < -0.4 is 0 Å². The zero-order chi connectivity index (χ0) is 17.2. The second-order valence-corrected chi connectivity index (χ2v) is 7.23. The number of aryl methyl sites for hydroxylation is 1. The van der Waals surface area contributed by atoms with Crippen LogP contribution in [0.4, 0.5) is 0 Å². The maximum Gasteiger partial charge on any atom is 0.293 e. The molecule has 134 valence electrons. The second-order valence-electron chi connectivity index (χ2n) is 7.23. The summed E-state index contributed by atoms with van der Waals surface area (Å²) in [6.45, 7) is 5.87. The van der Waals surface area contributed by atoms with Gasteiger partial charge in [0.2, 0.25) is 5.82 Å². The Labute approximate surface area is 148 Å². The number of hydrogen-bond acceptors (Lipinski definition) is 5. The molecule has 2 saturated heterocycles. The molecule has 25 heavy (non-hydrogen) atoms. The Kier molecular flexibility index (Phi) is 4.65. The van der Waals surface area contributed by atoms with Crippen molar-refractivity contribution >= 4 is 11.7 Å². The fraction of sp³-hybridized carbons (Fsp3) is 0.667. The predicted octanol–water partition coefficient (Wildman–Crippen LogP) is 1.91. The molecule has 0 spiro atoms. The summed E-state index contributed by atoms with van der Waals surface area (Å²) in [4.78, 5) is 26.0. The van der Waals surface area contributed by atoms with E-state index in [-0.39, 0.29) is 11.7 Å². The van der Waals surface area contributed by atoms with Gasteiger partial charge in [-0.15, -0.1) is 5.10 Å². The normalized spacial score (nSPS) is 22.9. The molecule has 0 bridgehead atoms. The molecule has 7 heteroatoms. The van der Waals surface area contributed by atoms with Crippen LogP contribution >= 0.6 is 0 Å². The van der Waals surface area contributed by atoms with Crippen LogP contribution in [-0.4, -0.2) is 67.5 Å². The SMILES string of the molecule is Cc1ccnc2nc(C(=O)N3CCCC(N4CCCCCC4)C3)nn12. The predicted molar refractivity (Wildman–Crippen MR) is 94.5 cm³/mol. The van der Waals surface area contributed by atoms with E-state index in [2.05, 4.69) is 20.0 Å². The molecule has 1 unspecified atom stereocenters. The number of aromatic nitrogens is 4. The zero-order valence-electron chi connectivity index (χ0n) is 14.9. The number of amides is 1. The lowest BCUT2D eigenvalue weighted by Gasteiger charge is -2.38. The molecule has 2 aliphatic rings. The lowest BCUT2D eigenvalue weighted by atomic mass is 10.0. The highest BCUT2D eigenvalue weighted by Gasteiger charge is 2.30. The zero-order valence-corrected chi connectivity index (χ0v) is 14.9. The third-order valence-corrected chi connectivity index (χ3v) is 5.46. The van der Waals surface area contributed by atoms with Gasteiger partial charge in [-0.25, -0.2) is 9.50 Å². The van der Waals surface area contributed by atoms with E-state index in [1.807, 2.05) is 17.9 Å². The number of carbonyl (C=O) groups is 1. The van der Waals surface area contributed by atoms with E-state index in [0.29, 0.717) is 11.8 Å². The Morgan fingerprint density at radius 1 is 1.12 bits per heavy atom. The monoisotopic (exact) mass is 342 g/mol. The summed E-state index contributed by atoms with van der Waals surface area (Å²) in [5.41, 5.74) is 0.928. The molecule has 0 N–H and O–H groups in total. The smallest absolute Gasteiger partial charge is 0.293 e. The van der Waals surface area contributed by atoms with Crippen LogP contribution in [-0.2, 0) is 0 Å². The molecular weight excluding hydrogens is 316 g/mol. The molecule has 0 aromatic carbocycles. The van der Waals surface area contributed by atoms with Crippen molar-refractivity contribution in [2.75, 3.05) is 26.2 Å². The molecule has 0 radical (unpaired) electrons. The number of hydrogen-bond donors (Lipinski definition) is 0. The van der Waals surface area contributed by atoms with Gasteiger partial charge in [-0.05, 0) is 51.8 Å². The number of piperidine rings is 1. The number of nitrogens with zero attached hydrogens (tertiary/aromatic N) is 6. The Morgan fingerprint density at radius 2 is 1.92 bits per heavy atom. The van der Waals surface area contributed by atoms with Gasteiger partial charge in [0.15, 0.2) is 0 Å². The number of rotatable bonds is 2. The van der Waals surface area contributed by atoms with Crippen molar-refractivity contribution in [2.45, 2.75) is 51.5 Å². The Balaban J connectivity index is 1.49. The molecule has 2 aromatic heterocycles. The van der Waals surface area contributed by atoms with Crippen molar-refractivity contribution < 1.29 is 4.79 Å². The van der Waals surface area contributed by atoms with E-state index in [1.54, 1.807) is 10.7 Å². The summed E-state index contributed by atoms with van der Waals surface area (Å²) in [5, 5.41) is 4.38. The van der Waals surface area contributed by atoms with E-state index in [1.165, 1.54) is 45.2 Å². The Bertz CT molecular complexity index is 749. The summed E-state index contributed by atoms with van der Waals surface area (Å²) >= 11 is 0. The number of likely N-dealkylation sites (tertiary alicyclic amines) is 2. The van der Waals surface area contributed by atoms with Crippen LogP contribution in [0.1, 0.15) is 54.8 Å². The molecule has 2 aromatic rings. The molecule has 0 aliphatic carbocycles. The van der Waals surface area contributed by atoms with E-state index in [4.69, 9.17) is 0 Å². The topological polar surface area (TPSA) is 66.6 Å². The standard InChI is InChI=1S/C18H26N6O/c1-14-8-9-19-18-20-16(21-24(14)18)17(25)23-12-6-7-15(13-23)22-10-4-2-3-5-11-22/h8-9,15H,2-7,10-13H2,1H3. The second kappa shape index (κ2) is 7.07. The number of fused-ring (bicyclic) bond motifs is 1. The lowest BCUT2D eigenvalue weighted by molar-refractivity contribution is 0.0568. The lowest BCUT2D eigenvalue weighted by Crippen LogP contribution is -2.50. The van der Waals surface area contributed by atoms with Gasteiger partial charge in [0.25, 0.3) is 11.7 Å². The van der Waals surface area contributed by atoms with Gasteiger partial charge in [0.1, 0.15) is 0 Å². The maximum atomic E-state index is 12.9. The van der Waals surface area contributed by atoms with Gasteiger partial charge in [-0.1, -0.05) is 12.8 Å². The molecule has 0 saturated carbocycles. The van der Waals surface area contributed by atoms with Crippen LogP contribution in [0.3, 0.4) is 0 Å². The van der Waals surface area contributed by atoms with Gasteiger partial charge >= 0.3 is 0 Å². The van der Waals surface area contributed by atoms with E-state index >= 15 is 0 Å². The molecule has 1 atom stereocenters.